The van der Waals surface area contributed by atoms with Crippen molar-refractivity contribution in [3.05, 3.63) is 44.6 Å². The quantitative estimate of drug-likeness (QED) is 0.807. The summed E-state index contributed by atoms with van der Waals surface area (Å²) in [5.41, 5.74) is 8.70. The van der Waals surface area contributed by atoms with Gasteiger partial charge in [-0.05, 0) is 57.9 Å². The van der Waals surface area contributed by atoms with E-state index in [1.165, 1.54) is 16.9 Å². The van der Waals surface area contributed by atoms with Crippen LogP contribution in [0.1, 0.15) is 21.7 Å². The number of nitrogens with zero attached hydrogens (tertiary/aromatic N) is 1. The average molecular weight is 337 g/mol. The van der Waals surface area contributed by atoms with Gasteiger partial charge in [-0.15, -0.1) is 11.3 Å². The average Bonchev–Trinajstić information content (AvgIpc) is 2.83. The van der Waals surface area contributed by atoms with Crippen LogP contribution in [0.5, 0.6) is 0 Å². The van der Waals surface area contributed by atoms with E-state index in [1.54, 1.807) is 0 Å². The third-order valence-corrected chi connectivity index (χ3v) is 5.11. The first-order valence-corrected chi connectivity index (χ1v) is 7.77. The van der Waals surface area contributed by atoms with E-state index < -0.39 is 0 Å². The second-order valence-corrected chi connectivity index (χ2v) is 6.32. The molecule has 0 atom stereocenters. The molecule has 0 fully saturated rings. The summed E-state index contributed by atoms with van der Waals surface area (Å²) in [5.74, 6) is 0.0495. The molecule has 98 valence electrons. The maximum Gasteiger partial charge on any atom is 0.269 e. The highest BCUT2D eigenvalue weighted by Gasteiger charge is 2.25. The zero-order valence-electron chi connectivity index (χ0n) is 10.2. The number of amides is 1. The Bertz CT molecular complexity index is 638. The Morgan fingerprint density at radius 1 is 1.37 bits per heavy atom. The molecule has 5 heteroatoms. The van der Waals surface area contributed by atoms with Gasteiger partial charge in [0.2, 0.25) is 0 Å². The number of hydrogen-bond donors (Lipinski definition) is 1. The van der Waals surface area contributed by atoms with E-state index in [0.717, 1.165) is 34.4 Å². The van der Waals surface area contributed by atoms with Gasteiger partial charge >= 0.3 is 0 Å². The monoisotopic (exact) mass is 336 g/mol. The van der Waals surface area contributed by atoms with Crippen LogP contribution in [0.15, 0.2) is 34.1 Å². The number of nitrogens with two attached hydrogens (primary N) is 1. The van der Waals surface area contributed by atoms with E-state index in [4.69, 9.17) is 5.73 Å². The lowest BCUT2D eigenvalue weighted by atomic mass is 10.0. The molecule has 0 aliphatic carbocycles. The number of thiophene rings is 1. The van der Waals surface area contributed by atoms with E-state index in [-0.39, 0.29) is 5.91 Å². The fraction of sp³-hybridized carbons (Fsp3) is 0.214. The summed E-state index contributed by atoms with van der Waals surface area (Å²) in [5, 5.41) is 1.92. The zero-order valence-corrected chi connectivity index (χ0v) is 12.6. The third kappa shape index (κ3) is 2.28. The molecular weight excluding hydrogens is 324 g/mol. The summed E-state index contributed by atoms with van der Waals surface area (Å²) in [6.07, 6.45) is 2.00. The fourth-order valence-electron chi connectivity index (χ4n) is 2.37. The molecule has 19 heavy (non-hydrogen) atoms. The van der Waals surface area contributed by atoms with E-state index in [1.807, 2.05) is 34.5 Å². The minimum absolute atomic E-state index is 0.0495. The first-order chi connectivity index (χ1) is 9.16. The Morgan fingerprint density at radius 2 is 2.21 bits per heavy atom. The maximum atomic E-state index is 12.6. The number of hydrogen-bond acceptors (Lipinski definition) is 3. The van der Waals surface area contributed by atoms with Crippen LogP contribution in [0.4, 0.5) is 11.4 Å². The van der Waals surface area contributed by atoms with Crippen LogP contribution in [-0.4, -0.2) is 12.5 Å². The number of carbonyl (C=O) groups is 1. The van der Waals surface area contributed by atoms with E-state index in [2.05, 4.69) is 15.9 Å². The second kappa shape index (κ2) is 4.98. The molecule has 1 aliphatic heterocycles. The smallest absolute Gasteiger partial charge is 0.269 e. The highest BCUT2D eigenvalue weighted by molar-refractivity contribution is 9.10. The Labute approximate surface area is 124 Å². The number of benzene rings is 1. The van der Waals surface area contributed by atoms with Gasteiger partial charge < -0.3 is 10.6 Å². The second-order valence-electron chi connectivity index (χ2n) is 4.55. The molecule has 0 saturated heterocycles. The van der Waals surface area contributed by atoms with Gasteiger partial charge in [-0.2, -0.15) is 0 Å². The van der Waals surface area contributed by atoms with Crippen molar-refractivity contribution in [2.24, 2.45) is 0 Å². The molecule has 1 amide bonds. The van der Waals surface area contributed by atoms with Gasteiger partial charge in [0, 0.05) is 22.4 Å². The van der Waals surface area contributed by atoms with Gasteiger partial charge in [-0.1, -0.05) is 6.07 Å². The molecule has 0 bridgehead atoms. The molecule has 3 rings (SSSR count). The van der Waals surface area contributed by atoms with Gasteiger partial charge in [0.1, 0.15) is 4.88 Å². The van der Waals surface area contributed by atoms with Crippen LogP contribution in [0.3, 0.4) is 0 Å². The summed E-state index contributed by atoms with van der Waals surface area (Å²) < 4.78 is 0.860. The highest BCUT2D eigenvalue weighted by Crippen LogP contribution is 2.32. The van der Waals surface area contributed by atoms with Crippen LogP contribution in [0.25, 0.3) is 0 Å². The summed E-state index contributed by atoms with van der Waals surface area (Å²) >= 11 is 4.89. The van der Waals surface area contributed by atoms with Crippen molar-refractivity contribution in [3.8, 4) is 0 Å². The van der Waals surface area contributed by atoms with Gasteiger partial charge in [0.25, 0.3) is 5.91 Å². The molecule has 0 radical (unpaired) electrons. The van der Waals surface area contributed by atoms with Crippen molar-refractivity contribution < 1.29 is 4.79 Å². The Kier molecular flexibility index (Phi) is 3.33. The van der Waals surface area contributed by atoms with Gasteiger partial charge in [0.05, 0.1) is 0 Å². The van der Waals surface area contributed by atoms with Crippen LogP contribution < -0.4 is 10.6 Å². The molecule has 1 aliphatic rings. The van der Waals surface area contributed by atoms with Crippen molar-refractivity contribution in [1.82, 2.24) is 0 Å². The van der Waals surface area contributed by atoms with Crippen molar-refractivity contribution in [2.75, 3.05) is 17.2 Å². The van der Waals surface area contributed by atoms with Gasteiger partial charge in [-0.25, -0.2) is 0 Å². The standard InChI is InChI=1S/C14H13BrN2OS/c15-11-5-7-19-13(11)14(18)17-6-1-2-9-3-4-10(16)8-12(9)17/h3-5,7-8H,1-2,6,16H2. The molecular formula is C14H13BrN2OS. The highest BCUT2D eigenvalue weighted by atomic mass is 79.9. The molecule has 0 spiro atoms. The topological polar surface area (TPSA) is 46.3 Å². The predicted molar refractivity (Wildman–Crippen MR) is 82.9 cm³/mol. The molecule has 2 heterocycles. The van der Waals surface area contributed by atoms with Crippen LogP contribution in [0, 0.1) is 0 Å². The van der Waals surface area contributed by atoms with Crippen molar-refractivity contribution in [3.63, 3.8) is 0 Å². The van der Waals surface area contributed by atoms with Gasteiger partial charge in [0.15, 0.2) is 0 Å². The normalized spacial score (nSPS) is 14.3. The Morgan fingerprint density at radius 3 is 2.95 bits per heavy atom. The van der Waals surface area contributed by atoms with E-state index in [0.29, 0.717) is 5.69 Å². The molecule has 0 unspecified atom stereocenters. The van der Waals surface area contributed by atoms with Gasteiger partial charge in [-0.3, -0.25) is 4.79 Å². The molecule has 0 saturated carbocycles. The van der Waals surface area contributed by atoms with Crippen molar-refractivity contribution >= 4 is 44.5 Å². The predicted octanol–water partition coefficient (Wildman–Crippen LogP) is 3.69. The fourth-order valence-corrected chi connectivity index (χ4v) is 3.86. The molecule has 1 aromatic heterocycles. The maximum absolute atomic E-state index is 12.6. The molecule has 2 N–H and O–H groups in total. The minimum atomic E-state index is 0.0495. The lowest BCUT2D eigenvalue weighted by Gasteiger charge is -2.29. The number of halogens is 1. The SMILES string of the molecule is Nc1ccc2c(c1)N(C(=O)c1sccc1Br)CCC2. The van der Waals surface area contributed by atoms with Crippen LogP contribution in [-0.2, 0) is 6.42 Å². The molecule has 1 aromatic carbocycles. The van der Waals surface area contributed by atoms with Crippen LogP contribution >= 0.6 is 27.3 Å². The van der Waals surface area contributed by atoms with Crippen molar-refractivity contribution in [1.29, 1.82) is 0 Å². The number of nitrogen functional groups attached to an aromatic ring is 1. The number of fused-ring (bicyclic) bond motifs is 1. The van der Waals surface area contributed by atoms with Crippen LogP contribution in [0.2, 0.25) is 0 Å². The lowest BCUT2D eigenvalue weighted by Crippen LogP contribution is -2.35. The summed E-state index contributed by atoms with van der Waals surface area (Å²) in [6.45, 7) is 0.750. The molecule has 2 aromatic rings. The lowest BCUT2D eigenvalue weighted by molar-refractivity contribution is 0.0988. The number of rotatable bonds is 1. The summed E-state index contributed by atoms with van der Waals surface area (Å²) in [4.78, 5) is 15.2. The van der Waals surface area contributed by atoms with E-state index in [9.17, 15) is 4.79 Å². The number of aryl methyl sites for hydroxylation is 1. The first kappa shape index (κ1) is 12.7. The number of carbonyl (C=O) groups excluding carboxylic acids is 1. The Hall–Kier alpha value is -1.33. The largest absolute Gasteiger partial charge is 0.399 e. The summed E-state index contributed by atoms with van der Waals surface area (Å²) in [6, 6.07) is 7.72. The minimum Gasteiger partial charge on any atom is -0.399 e. The Balaban J connectivity index is 2.02. The number of anilines is 2. The third-order valence-electron chi connectivity index (χ3n) is 3.28. The summed E-state index contributed by atoms with van der Waals surface area (Å²) in [7, 11) is 0. The van der Waals surface area contributed by atoms with E-state index >= 15 is 0 Å². The first-order valence-electron chi connectivity index (χ1n) is 6.10. The molecule has 3 nitrogen and oxygen atoms in total. The van der Waals surface area contributed by atoms with Crippen molar-refractivity contribution in [2.45, 2.75) is 12.8 Å². The zero-order chi connectivity index (χ0) is 13.4.